The highest BCUT2D eigenvalue weighted by Gasteiger charge is 2.43. The molecule has 152 valence electrons. The highest BCUT2D eigenvalue weighted by atomic mass is 32.2. The predicted molar refractivity (Wildman–Crippen MR) is 113 cm³/mol. The highest BCUT2D eigenvalue weighted by molar-refractivity contribution is 7.95. The summed E-state index contributed by atoms with van der Waals surface area (Å²) in [7, 11) is -5.66. The Balaban J connectivity index is 2.39. The smallest absolute Gasteiger partial charge is 0.202 e. The van der Waals surface area contributed by atoms with Crippen LogP contribution in [0.1, 0.15) is 41.0 Å². The number of sulfone groups is 1. The molecule has 1 aromatic rings. The lowest BCUT2D eigenvalue weighted by Crippen LogP contribution is -2.47. The van der Waals surface area contributed by atoms with Crippen molar-refractivity contribution >= 4 is 18.2 Å². The number of hydrogen-bond acceptors (Lipinski definition) is 4. The van der Waals surface area contributed by atoms with Crippen molar-refractivity contribution in [3.63, 3.8) is 0 Å². The maximum atomic E-state index is 13.1. The summed E-state index contributed by atoms with van der Waals surface area (Å²) < 4.78 is 32.8. The van der Waals surface area contributed by atoms with E-state index in [1.807, 2.05) is 6.92 Å². The van der Waals surface area contributed by atoms with E-state index in [4.69, 9.17) is 4.43 Å². The summed E-state index contributed by atoms with van der Waals surface area (Å²) in [5, 5.41) is 11.0. The quantitative estimate of drug-likeness (QED) is 0.726. The van der Waals surface area contributed by atoms with E-state index in [-0.39, 0.29) is 22.0 Å². The van der Waals surface area contributed by atoms with Crippen LogP contribution < -0.4 is 0 Å². The average Bonchev–Trinajstić information content (AvgIpc) is 2.67. The van der Waals surface area contributed by atoms with Crippen LogP contribution in [0.15, 0.2) is 46.2 Å². The van der Waals surface area contributed by atoms with Crippen LogP contribution in [0.4, 0.5) is 0 Å². The summed E-state index contributed by atoms with van der Waals surface area (Å²) in [5.41, 5.74) is 0. The fraction of sp³-hybridized carbons (Fsp3) is 0.619. The summed E-state index contributed by atoms with van der Waals surface area (Å²) in [5.74, 6) is -0.618. The van der Waals surface area contributed by atoms with E-state index in [9.17, 15) is 13.5 Å². The molecular weight excluding hydrogens is 376 g/mol. The molecular formula is C21H34O4SSi. The van der Waals surface area contributed by atoms with Gasteiger partial charge in [0.1, 0.15) is 0 Å². The van der Waals surface area contributed by atoms with Crippen LogP contribution in [0, 0.1) is 11.8 Å². The van der Waals surface area contributed by atoms with Gasteiger partial charge in [-0.25, -0.2) is 8.42 Å². The Morgan fingerprint density at radius 1 is 1.11 bits per heavy atom. The summed E-state index contributed by atoms with van der Waals surface area (Å²) in [6.07, 6.45) is 1.31. The lowest BCUT2D eigenvalue weighted by atomic mass is 9.91. The third-order valence-corrected chi connectivity index (χ3v) is 12.8. The van der Waals surface area contributed by atoms with E-state index in [0.29, 0.717) is 11.3 Å². The van der Waals surface area contributed by atoms with E-state index in [1.54, 1.807) is 43.3 Å². The fourth-order valence-corrected chi connectivity index (χ4v) is 6.43. The van der Waals surface area contributed by atoms with E-state index in [1.165, 1.54) is 0 Å². The first-order chi connectivity index (χ1) is 12.3. The Labute approximate surface area is 165 Å². The van der Waals surface area contributed by atoms with Crippen LogP contribution >= 0.6 is 0 Å². The first-order valence-corrected chi connectivity index (χ1v) is 14.0. The molecule has 0 saturated carbocycles. The standard InChI is InChI=1S/C21H34O4SSi/c1-15-18(25-27(6,7)21(3,4)5)13-14-19(16(2)20(15)22)26(23,24)17-11-9-8-10-12-17/h8-12,14-16,18,20,22H,13H2,1-7H3/t15-,16-,18-,20-/m0/s1. The van der Waals surface area contributed by atoms with Gasteiger partial charge in [0.15, 0.2) is 8.32 Å². The van der Waals surface area contributed by atoms with Crippen molar-refractivity contribution in [1.29, 1.82) is 0 Å². The van der Waals surface area contributed by atoms with Crippen LogP contribution in [0.3, 0.4) is 0 Å². The molecule has 1 aliphatic carbocycles. The number of benzene rings is 1. The summed E-state index contributed by atoms with van der Waals surface area (Å²) >= 11 is 0. The summed E-state index contributed by atoms with van der Waals surface area (Å²) in [4.78, 5) is 0.570. The number of hydrogen-bond donors (Lipinski definition) is 1. The molecule has 1 N–H and O–H groups in total. The van der Waals surface area contributed by atoms with Crippen molar-refractivity contribution in [3.05, 3.63) is 41.3 Å². The van der Waals surface area contributed by atoms with E-state index >= 15 is 0 Å². The molecule has 0 spiro atoms. The van der Waals surface area contributed by atoms with Gasteiger partial charge in [-0.1, -0.05) is 58.9 Å². The Morgan fingerprint density at radius 3 is 2.19 bits per heavy atom. The molecule has 2 rings (SSSR count). The zero-order valence-electron chi connectivity index (χ0n) is 17.6. The van der Waals surface area contributed by atoms with Crippen molar-refractivity contribution in [1.82, 2.24) is 0 Å². The minimum Gasteiger partial charge on any atom is -0.413 e. The average molecular weight is 411 g/mol. The van der Waals surface area contributed by atoms with Gasteiger partial charge in [-0.3, -0.25) is 0 Å². The van der Waals surface area contributed by atoms with Crippen molar-refractivity contribution < 1.29 is 18.0 Å². The molecule has 0 saturated heterocycles. The molecule has 1 aromatic carbocycles. The molecule has 0 aromatic heterocycles. The number of rotatable bonds is 4. The summed E-state index contributed by atoms with van der Waals surface area (Å²) in [6, 6.07) is 8.44. The molecule has 0 radical (unpaired) electrons. The minimum atomic E-state index is -3.63. The second kappa shape index (κ2) is 7.82. The topological polar surface area (TPSA) is 63.6 Å². The molecule has 27 heavy (non-hydrogen) atoms. The third-order valence-electron chi connectivity index (χ3n) is 6.25. The van der Waals surface area contributed by atoms with Crippen molar-refractivity contribution in [2.45, 2.75) is 76.3 Å². The van der Waals surface area contributed by atoms with Gasteiger partial charge in [-0.15, -0.1) is 0 Å². The van der Waals surface area contributed by atoms with Crippen LogP contribution in [-0.4, -0.2) is 34.0 Å². The Hall–Kier alpha value is -0.953. The lowest BCUT2D eigenvalue weighted by molar-refractivity contribution is 0.0149. The van der Waals surface area contributed by atoms with Crippen molar-refractivity contribution in [2.75, 3.05) is 0 Å². The first kappa shape index (κ1) is 22.3. The van der Waals surface area contributed by atoms with Gasteiger partial charge in [0, 0.05) is 11.8 Å². The normalized spacial score (nSPS) is 27.8. The van der Waals surface area contributed by atoms with Gasteiger partial charge in [0.25, 0.3) is 0 Å². The van der Waals surface area contributed by atoms with Gasteiger partial charge in [-0.2, -0.15) is 0 Å². The molecule has 4 atom stereocenters. The van der Waals surface area contributed by atoms with Gasteiger partial charge in [0.05, 0.1) is 22.0 Å². The fourth-order valence-electron chi connectivity index (χ4n) is 3.28. The van der Waals surface area contributed by atoms with Crippen LogP contribution in [0.25, 0.3) is 0 Å². The largest absolute Gasteiger partial charge is 0.413 e. The monoisotopic (exact) mass is 410 g/mol. The Kier molecular flexibility index (Phi) is 6.47. The van der Waals surface area contributed by atoms with Crippen molar-refractivity contribution in [2.24, 2.45) is 11.8 Å². The highest BCUT2D eigenvalue weighted by Crippen LogP contribution is 2.41. The predicted octanol–water partition coefficient (Wildman–Crippen LogP) is 4.77. The molecule has 0 aliphatic heterocycles. The van der Waals surface area contributed by atoms with E-state index in [2.05, 4.69) is 33.9 Å². The first-order valence-electron chi connectivity index (χ1n) is 9.65. The second-order valence-corrected chi connectivity index (χ2v) is 15.9. The zero-order chi connectivity index (χ0) is 20.6. The van der Waals surface area contributed by atoms with Gasteiger partial charge < -0.3 is 9.53 Å². The van der Waals surface area contributed by atoms with Crippen molar-refractivity contribution in [3.8, 4) is 0 Å². The molecule has 0 unspecified atom stereocenters. The molecule has 0 fully saturated rings. The third kappa shape index (κ3) is 4.55. The maximum Gasteiger partial charge on any atom is 0.202 e. The second-order valence-electron chi connectivity index (χ2n) is 9.21. The number of aliphatic hydroxyl groups is 1. The Bertz CT molecular complexity index is 778. The summed E-state index contributed by atoms with van der Waals surface area (Å²) in [6.45, 7) is 14.7. The molecule has 6 heteroatoms. The zero-order valence-corrected chi connectivity index (χ0v) is 19.4. The number of aliphatic hydroxyl groups excluding tert-OH is 1. The SMILES string of the molecule is C[C@@H]1[C@H](O)[C@@H](C)C(S(=O)(=O)c2ccccc2)=CC[C@@H]1O[Si](C)(C)C(C)(C)C. The van der Waals surface area contributed by atoms with Crippen LogP contribution in [0.2, 0.25) is 18.1 Å². The lowest BCUT2D eigenvalue weighted by Gasteiger charge is -2.41. The van der Waals surface area contributed by atoms with E-state index in [0.717, 1.165) is 0 Å². The van der Waals surface area contributed by atoms with Gasteiger partial charge in [0.2, 0.25) is 9.84 Å². The van der Waals surface area contributed by atoms with Crippen LogP contribution in [0.5, 0.6) is 0 Å². The van der Waals surface area contributed by atoms with Crippen LogP contribution in [-0.2, 0) is 14.3 Å². The molecule has 1 aliphatic rings. The van der Waals surface area contributed by atoms with E-state index < -0.39 is 30.2 Å². The Morgan fingerprint density at radius 2 is 1.67 bits per heavy atom. The molecule has 0 amide bonds. The van der Waals surface area contributed by atoms with Gasteiger partial charge in [-0.05, 0) is 36.7 Å². The van der Waals surface area contributed by atoms with Gasteiger partial charge >= 0.3 is 0 Å². The molecule has 0 bridgehead atoms. The maximum absolute atomic E-state index is 13.1. The minimum absolute atomic E-state index is 0.0538. The molecule has 4 nitrogen and oxygen atoms in total. The molecule has 0 heterocycles.